The Hall–Kier alpha value is -2.64. The van der Waals surface area contributed by atoms with Crippen LogP contribution in [0.4, 0.5) is 11.4 Å². The Bertz CT molecular complexity index is 1170. The number of carbonyl (C=O) groups is 1. The van der Waals surface area contributed by atoms with Crippen LogP contribution >= 0.6 is 11.3 Å². The topological polar surface area (TPSA) is 66.5 Å². The van der Waals surface area contributed by atoms with Crippen LogP contribution in [-0.4, -0.2) is 20.9 Å². The van der Waals surface area contributed by atoms with Gasteiger partial charge in [0.2, 0.25) is 0 Å². The number of aryl methyl sites for hydroxylation is 3. The van der Waals surface area contributed by atoms with Gasteiger partial charge in [-0.25, -0.2) is 8.42 Å². The van der Waals surface area contributed by atoms with Crippen LogP contribution in [0.3, 0.4) is 0 Å². The lowest BCUT2D eigenvalue weighted by Crippen LogP contribution is -2.35. The van der Waals surface area contributed by atoms with Crippen LogP contribution in [0.1, 0.15) is 33.5 Å². The van der Waals surface area contributed by atoms with Crippen molar-refractivity contribution in [3.8, 4) is 0 Å². The van der Waals surface area contributed by atoms with Crippen LogP contribution in [0.15, 0.2) is 58.1 Å². The van der Waals surface area contributed by atoms with Gasteiger partial charge in [0.05, 0.1) is 5.69 Å². The lowest BCUT2D eigenvalue weighted by Gasteiger charge is -2.30. The Kier molecular flexibility index (Phi) is 5.19. The maximum Gasteiger partial charge on any atom is 0.273 e. The van der Waals surface area contributed by atoms with Gasteiger partial charge < -0.3 is 5.32 Å². The van der Waals surface area contributed by atoms with Crippen molar-refractivity contribution < 1.29 is 13.2 Å². The van der Waals surface area contributed by atoms with Crippen molar-refractivity contribution in [3.05, 3.63) is 76.2 Å². The summed E-state index contributed by atoms with van der Waals surface area (Å²) in [6.07, 6.45) is 1.52. The fourth-order valence-corrected chi connectivity index (χ4v) is 6.14. The van der Waals surface area contributed by atoms with Gasteiger partial charge in [-0.05, 0) is 85.2 Å². The highest BCUT2D eigenvalue weighted by molar-refractivity contribution is 7.94. The van der Waals surface area contributed by atoms with Crippen LogP contribution in [0.5, 0.6) is 0 Å². The number of anilines is 2. The third kappa shape index (κ3) is 3.80. The molecule has 0 unspecified atom stereocenters. The molecule has 1 amide bonds. The highest BCUT2D eigenvalue weighted by atomic mass is 32.2. The molecule has 1 aliphatic rings. The van der Waals surface area contributed by atoms with Crippen LogP contribution < -0.4 is 9.62 Å². The van der Waals surface area contributed by atoms with Gasteiger partial charge in [0.1, 0.15) is 4.21 Å². The standard InChI is InChI=1S/C22H22N2O3S2/c1-15-7-8-18(13-16(15)2)22(25)23-19-9-10-20-17(14-19)5-3-11-24(20)29(26,27)21-6-4-12-28-21/h4,6-10,12-14H,3,5,11H2,1-2H3,(H,23,25). The zero-order valence-electron chi connectivity index (χ0n) is 16.3. The van der Waals surface area contributed by atoms with Crippen molar-refractivity contribution in [2.24, 2.45) is 0 Å². The number of fused-ring (bicyclic) bond motifs is 1. The zero-order chi connectivity index (χ0) is 20.6. The van der Waals surface area contributed by atoms with Gasteiger partial charge in [0.25, 0.3) is 15.9 Å². The molecule has 1 aliphatic heterocycles. The molecule has 0 saturated carbocycles. The number of thiophene rings is 1. The Morgan fingerprint density at radius 3 is 2.62 bits per heavy atom. The molecule has 0 spiro atoms. The van der Waals surface area contributed by atoms with Crippen LogP contribution in [0, 0.1) is 13.8 Å². The van der Waals surface area contributed by atoms with E-state index in [0.29, 0.717) is 27.7 Å². The van der Waals surface area contributed by atoms with Crippen molar-refractivity contribution in [1.82, 2.24) is 0 Å². The average Bonchev–Trinajstić information content (AvgIpc) is 3.25. The summed E-state index contributed by atoms with van der Waals surface area (Å²) < 4.78 is 27.8. The third-order valence-corrected chi connectivity index (χ3v) is 8.41. The van der Waals surface area contributed by atoms with Crippen LogP contribution in [0.25, 0.3) is 0 Å². The van der Waals surface area contributed by atoms with Gasteiger partial charge in [0, 0.05) is 17.8 Å². The van der Waals surface area contributed by atoms with E-state index in [0.717, 1.165) is 29.5 Å². The van der Waals surface area contributed by atoms with Crippen molar-refractivity contribution in [2.75, 3.05) is 16.2 Å². The first-order chi connectivity index (χ1) is 13.9. The van der Waals surface area contributed by atoms with E-state index in [4.69, 9.17) is 0 Å². The van der Waals surface area contributed by atoms with Crippen molar-refractivity contribution in [3.63, 3.8) is 0 Å². The summed E-state index contributed by atoms with van der Waals surface area (Å²) in [6.45, 7) is 4.45. The molecule has 2 aromatic carbocycles. The first-order valence-electron chi connectivity index (χ1n) is 9.44. The minimum absolute atomic E-state index is 0.174. The summed E-state index contributed by atoms with van der Waals surface area (Å²) in [4.78, 5) is 12.6. The molecule has 1 N–H and O–H groups in total. The summed E-state index contributed by atoms with van der Waals surface area (Å²) in [7, 11) is -3.56. The smallest absolute Gasteiger partial charge is 0.273 e. The summed E-state index contributed by atoms with van der Waals surface area (Å²) >= 11 is 1.22. The number of carbonyl (C=O) groups excluding carboxylic acids is 1. The lowest BCUT2D eigenvalue weighted by molar-refractivity contribution is 0.102. The molecule has 0 aliphatic carbocycles. The van der Waals surface area contributed by atoms with Gasteiger partial charge >= 0.3 is 0 Å². The highest BCUT2D eigenvalue weighted by Crippen LogP contribution is 2.34. The number of nitrogens with zero attached hydrogens (tertiary/aromatic N) is 1. The van der Waals surface area contributed by atoms with E-state index in [-0.39, 0.29) is 5.91 Å². The molecule has 29 heavy (non-hydrogen) atoms. The quantitative estimate of drug-likeness (QED) is 0.654. The largest absolute Gasteiger partial charge is 0.322 e. The molecule has 4 rings (SSSR count). The second-order valence-electron chi connectivity index (χ2n) is 7.21. The molecule has 150 valence electrons. The molecule has 5 nitrogen and oxygen atoms in total. The summed E-state index contributed by atoms with van der Waals surface area (Å²) in [5.41, 5.74) is 5.10. The third-order valence-electron chi connectivity index (χ3n) is 5.22. The average molecular weight is 427 g/mol. The fourth-order valence-electron chi connectivity index (χ4n) is 3.49. The van der Waals surface area contributed by atoms with E-state index in [1.165, 1.54) is 15.6 Å². The Morgan fingerprint density at radius 1 is 1.07 bits per heavy atom. The highest BCUT2D eigenvalue weighted by Gasteiger charge is 2.30. The predicted octanol–water partition coefficient (Wildman–Crippen LogP) is 4.76. The van der Waals surface area contributed by atoms with Crippen LogP contribution in [0.2, 0.25) is 0 Å². The normalized spacial score (nSPS) is 13.8. The number of hydrogen-bond acceptors (Lipinski definition) is 4. The first-order valence-corrected chi connectivity index (χ1v) is 11.8. The van der Waals surface area contributed by atoms with Gasteiger partial charge in [-0.2, -0.15) is 0 Å². The van der Waals surface area contributed by atoms with Crippen molar-refractivity contribution in [1.29, 1.82) is 0 Å². The summed E-state index contributed by atoms with van der Waals surface area (Å²) in [6, 6.07) is 14.4. The molecule has 7 heteroatoms. The summed E-state index contributed by atoms with van der Waals surface area (Å²) in [5, 5.41) is 4.70. The number of nitrogens with one attached hydrogen (secondary N) is 1. The Labute approximate surface area is 175 Å². The molecular formula is C22H22N2O3S2. The molecule has 1 aromatic heterocycles. The van der Waals surface area contributed by atoms with Crippen molar-refractivity contribution in [2.45, 2.75) is 30.9 Å². The lowest BCUT2D eigenvalue weighted by atomic mass is 10.0. The molecule has 0 fully saturated rings. The van der Waals surface area contributed by atoms with E-state index in [1.807, 2.05) is 38.1 Å². The molecule has 0 bridgehead atoms. The first kappa shape index (κ1) is 19.7. The predicted molar refractivity (Wildman–Crippen MR) is 117 cm³/mol. The van der Waals surface area contributed by atoms with Gasteiger partial charge in [-0.3, -0.25) is 9.10 Å². The monoisotopic (exact) mass is 426 g/mol. The number of hydrogen-bond donors (Lipinski definition) is 1. The Morgan fingerprint density at radius 2 is 1.90 bits per heavy atom. The van der Waals surface area contributed by atoms with E-state index in [2.05, 4.69) is 5.32 Å². The van der Waals surface area contributed by atoms with E-state index in [1.54, 1.807) is 29.6 Å². The molecule has 0 atom stereocenters. The van der Waals surface area contributed by atoms with Gasteiger partial charge in [-0.15, -0.1) is 11.3 Å². The SMILES string of the molecule is Cc1ccc(C(=O)Nc2ccc3c(c2)CCCN3S(=O)(=O)c2cccs2)cc1C. The minimum Gasteiger partial charge on any atom is -0.322 e. The molecule has 0 radical (unpaired) electrons. The van der Waals surface area contributed by atoms with Gasteiger partial charge in [-0.1, -0.05) is 12.1 Å². The van der Waals surface area contributed by atoms with Gasteiger partial charge in [0.15, 0.2) is 0 Å². The zero-order valence-corrected chi connectivity index (χ0v) is 17.9. The molecule has 0 saturated heterocycles. The van der Waals surface area contributed by atoms with Crippen LogP contribution in [-0.2, 0) is 16.4 Å². The molecular weight excluding hydrogens is 404 g/mol. The number of amides is 1. The van der Waals surface area contributed by atoms with Crippen molar-refractivity contribution >= 4 is 38.6 Å². The molecule has 2 heterocycles. The maximum atomic E-state index is 13.0. The van der Waals surface area contributed by atoms with E-state index < -0.39 is 10.0 Å². The maximum absolute atomic E-state index is 13.0. The summed E-state index contributed by atoms with van der Waals surface area (Å²) in [5.74, 6) is -0.174. The second kappa shape index (κ2) is 7.65. The van der Waals surface area contributed by atoms with E-state index >= 15 is 0 Å². The number of sulfonamides is 1. The second-order valence-corrected chi connectivity index (χ2v) is 10.2. The minimum atomic E-state index is -3.56. The molecule has 3 aromatic rings. The Balaban J connectivity index is 1.60. The number of benzene rings is 2. The fraction of sp³-hybridized carbons (Fsp3) is 0.227. The number of rotatable bonds is 4. The van der Waals surface area contributed by atoms with E-state index in [9.17, 15) is 13.2 Å².